The summed E-state index contributed by atoms with van der Waals surface area (Å²) in [5, 5.41) is 18.8. The van der Waals surface area contributed by atoms with Gasteiger partial charge in [0.1, 0.15) is 17.9 Å². The van der Waals surface area contributed by atoms with Crippen molar-refractivity contribution in [2.75, 3.05) is 11.4 Å². The second-order valence-corrected chi connectivity index (χ2v) is 5.73. The third-order valence-electron chi connectivity index (χ3n) is 4.55. The van der Waals surface area contributed by atoms with E-state index in [1.54, 1.807) is 12.1 Å². The number of nitriles is 1. The lowest BCUT2D eigenvalue weighted by atomic mass is 9.94. The number of carboxylic acid groups (broad SMARTS) is 1. The summed E-state index contributed by atoms with van der Waals surface area (Å²) in [5.41, 5.74) is 1.27. The Morgan fingerprint density at radius 1 is 1.50 bits per heavy atom. The molecule has 3 rings (SSSR count). The molecular weight excluding hydrogens is 254 g/mol. The van der Waals surface area contributed by atoms with E-state index in [0.717, 1.165) is 25.0 Å². The van der Waals surface area contributed by atoms with Crippen molar-refractivity contribution in [2.45, 2.75) is 32.2 Å². The summed E-state index contributed by atoms with van der Waals surface area (Å²) < 4.78 is 0. The van der Waals surface area contributed by atoms with Gasteiger partial charge in [0.2, 0.25) is 0 Å². The molecule has 1 saturated heterocycles. The molecule has 2 heterocycles. The van der Waals surface area contributed by atoms with Crippen molar-refractivity contribution >= 4 is 11.8 Å². The second-order valence-electron chi connectivity index (χ2n) is 5.73. The molecule has 1 N–H and O–H groups in total. The van der Waals surface area contributed by atoms with Crippen molar-refractivity contribution < 1.29 is 9.90 Å². The first-order valence-corrected chi connectivity index (χ1v) is 6.99. The number of fused-ring (bicyclic) bond motifs is 1. The van der Waals surface area contributed by atoms with Gasteiger partial charge in [-0.15, -0.1) is 0 Å². The van der Waals surface area contributed by atoms with Crippen LogP contribution in [0.5, 0.6) is 0 Å². The number of aliphatic carboxylic acids is 1. The van der Waals surface area contributed by atoms with E-state index in [1.165, 1.54) is 0 Å². The van der Waals surface area contributed by atoms with Gasteiger partial charge in [0.05, 0.1) is 5.56 Å². The molecular formula is C15H17N3O2. The molecule has 2 fully saturated rings. The Bertz CT molecular complexity index is 593. The first-order valence-electron chi connectivity index (χ1n) is 6.99. The standard InChI is InChI=1S/C15H17N3O2/c1-9-5-6-10(7-16)14(17-9)18-8-11-3-2-4-12(11)13(18)15(19)20/h5-6,11-13H,2-4,8H2,1H3,(H,19,20). The molecule has 2 aliphatic rings. The van der Waals surface area contributed by atoms with Crippen molar-refractivity contribution in [1.29, 1.82) is 5.26 Å². The molecule has 1 aromatic heterocycles. The first-order chi connectivity index (χ1) is 9.61. The monoisotopic (exact) mass is 271 g/mol. The fraction of sp³-hybridized carbons (Fsp3) is 0.533. The zero-order valence-corrected chi connectivity index (χ0v) is 11.4. The zero-order valence-electron chi connectivity index (χ0n) is 11.4. The molecule has 0 spiro atoms. The van der Waals surface area contributed by atoms with E-state index in [2.05, 4.69) is 11.1 Å². The molecule has 104 valence electrons. The van der Waals surface area contributed by atoms with Gasteiger partial charge in [-0.3, -0.25) is 0 Å². The van der Waals surface area contributed by atoms with Gasteiger partial charge in [-0.25, -0.2) is 9.78 Å². The fourth-order valence-corrected chi connectivity index (χ4v) is 3.69. The molecule has 0 radical (unpaired) electrons. The number of hydrogen-bond acceptors (Lipinski definition) is 4. The Morgan fingerprint density at radius 2 is 2.30 bits per heavy atom. The Balaban J connectivity index is 2.03. The SMILES string of the molecule is Cc1ccc(C#N)c(N2CC3CCCC3C2C(=O)O)n1. The number of nitrogens with zero attached hydrogens (tertiary/aromatic N) is 3. The number of aryl methyl sites for hydroxylation is 1. The van der Waals surface area contributed by atoms with E-state index >= 15 is 0 Å². The minimum atomic E-state index is -0.799. The van der Waals surface area contributed by atoms with E-state index in [1.807, 2.05) is 11.8 Å². The highest BCUT2D eigenvalue weighted by Gasteiger charge is 2.48. The molecule has 0 amide bonds. The van der Waals surface area contributed by atoms with E-state index in [9.17, 15) is 15.2 Å². The van der Waals surface area contributed by atoms with Crippen LogP contribution < -0.4 is 4.90 Å². The zero-order chi connectivity index (χ0) is 14.3. The number of pyridine rings is 1. The van der Waals surface area contributed by atoms with Crippen LogP contribution >= 0.6 is 0 Å². The van der Waals surface area contributed by atoms with Crippen LogP contribution in [0.25, 0.3) is 0 Å². The van der Waals surface area contributed by atoms with Gasteiger partial charge in [-0.05, 0) is 43.7 Å². The summed E-state index contributed by atoms with van der Waals surface area (Å²) in [4.78, 5) is 17.9. The Hall–Kier alpha value is -2.09. The van der Waals surface area contributed by atoms with Gasteiger partial charge in [0.25, 0.3) is 0 Å². The summed E-state index contributed by atoms with van der Waals surface area (Å²) in [6.45, 7) is 2.56. The van der Waals surface area contributed by atoms with Crippen LogP contribution in [-0.2, 0) is 4.79 Å². The van der Waals surface area contributed by atoms with E-state index in [-0.39, 0.29) is 5.92 Å². The average molecular weight is 271 g/mol. The van der Waals surface area contributed by atoms with E-state index in [4.69, 9.17) is 0 Å². The van der Waals surface area contributed by atoms with Gasteiger partial charge >= 0.3 is 5.97 Å². The highest BCUT2D eigenvalue weighted by molar-refractivity contribution is 5.80. The van der Waals surface area contributed by atoms with Crippen LogP contribution in [0.4, 0.5) is 5.82 Å². The Kier molecular flexibility index (Phi) is 3.09. The van der Waals surface area contributed by atoms with Gasteiger partial charge in [-0.2, -0.15) is 5.26 Å². The number of carbonyl (C=O) groups is 1. The third kappa shape index (κ3) is 1.92. The van der Waals surface area contributed by atoms with Crippen LogP contribution in [0.1, 0.15) is 30.5 Å². The summed E-state index contributed by atoms with van der Waals surface area (Å²) >= 11 is 0. The predicted molar refractivity (Wildman–Crippen MR) is 73.3 cm³/mol. The molecule has 0 bridgehead atoms. The van der Waals surface area contributed by atoms with Crippen LogP contribution in [0, 0.1) is 30.1 Å². The van der Waals surface area contributed by atoms with Gasteiger partial charge in [0.15, 0.2) is 0 Å². The lowest BCUT2D eigenvalue weighted by Gasteiger charge is -2.26. The van der Waals surface area contributed by atoms with Gasteiger partial charge in [-0.1, -0.05) is 6.42 Å². The maximum atomic E-state index is 11.7. The number of rotatable bonds is 2. The Labute approximate surface area is 117 Å². The Morgan fingerprint density at radius 3 is 3.00 bits per heavy atom. The van der Waals surface area contributed by atoms with Crippen molar-refractivity contribution in [3.8, 4) is 6.07 Å². The number of carboxylic acids is 1. The molecule has 1 aliphatic carbocycles. The second kappa shape index (κ2) is 4.78. The summed E-state index contributed by atoms with van der Waals surface area (Å²) in [7, 11) is 0. The molecule has 3 atom stereocenters. The lowest BCUT2D eigenvalue weighted by molar-refractivity contribution is -0.139. The van der Waals surface area contributed by atoms with Crippen molar-refractivity contribution in [2.24, 2.45) is 11.8 Å². The van der Waals surface area contributed by atoms with Gasteiger partial charge < -0.3 is 10.0 Å². The van der Waals surface area contributed by atoms with Crippen LogP contribution in [0.2, 0.25) is 0 Å². The van der Waals surface area contributed by atoms with E-state index in [0.29, 0.717) is 23.8 Å². The van der Waals surface area contributed by atoms with Crippen molar-refractivity contribution in [1.82, 2.24) is 4.98 Å². The predicted octanol–water partition coefficient (Wildman–Crippen LogP) is 1.95. The van der Waals surface area contributed by atoms with E-state index < -0.39 is 12.0 Å². The highest BCUT2D eigenvalue weighted by Crippen LogP contribution is 2.44. The maximum Gasteiger partial charge on any atom is 0.326 e. The first kappa shape index (κ1) is 12.9. The van der Waals surface area contributed by atoms with Crippen molar-refractivity contribution in [3.05, 3.63) is 23.4 Å². The third-order valence-corrected chi connectivity index (χ3v) is 4.55. The normalized spacial score (nSPS) is 28.2. The fourth-order valence-electron chi connectivity index (χ4n) is 3.69. The average Bonchev–Trinajstić information content (AvgIpc) is 2.97. The van der Waals surface area contributed by atoms with Crippen LogP contribution in [0.3, 0.4) is 0 Å². The minimum absolute atomic E-state index is 0.196. The molecule has 3 unspecified atom stereocenters. The van der Waals surface area contributed by atoms with Gasteiger partial charge in [0, 0.05) is 12.2 Å². The molecule has 0 aromatic carbocycles. The maximum absolute atomic E-state index is 11.7. The smallest absolute Gasteiger partial charge is 0.326 e. The summed E-state index contributed by atoms with van der Waals surface area (Å²) in [6.07, 6.45) is 3.16. The number of aromatic nitrogens is 1. The minimum Gasteiger partial charge on any atom is -0.480 e. The van der Waals surface area contributed by atoms with Crippen LogP contribution in [-0.4, -0.2) is 28.6 Å². The summed E-state index contributed by atoms with van der Waals surface area (Å²) in [6, 6.07) is 5.10. The largest absolute Gasteiger partial charge is 0.480 e. The molecule has 1 aliphatic heterocycles. The lowest BCUT2D eigenvalue weighted by Crippen LogP contribution is -2.40. The highest BCUT2D eigenvalue weighted by atomic mass is 16.4. The quantitative estimate of drug-likeness (QED) is 0.889. The number of anilines is 1. The molecule has 5 heteroatoms. The van der Waals surface area contributed by atoms with Crippen molar-refractivity contribution in [3.63, 3.8) is 0 Å². The van der Waals surface area contributed by atoms with Crippen LogP contribution in [0.15, 0.2) is 12.1 Å². The molecule has 1 saturated carbocycles. The number of hydrogen-bond donors (Lipinski definition) is 1. The molecule has 1 aromatic rings. The summed E-state index contributed by atoms with van der Waals surface area (Å²) in [5.74, 6) is 0.354. The topological polar surface area (TPSA) is 77.2 Å². The molecule has 5 nitrogen and oxygen atoms in total. The molecule has 20 heavy (non-hydrogen) atoms.